The summed E-state index contributed by atoms with van der Waals surface area (Å²) >= 11 is 0. The minimum atomic E-state index is -0.0647. The van der Waals surface area contributed by atoms with Gasteiger partial charge in [-0.2, -0.15) is 0 Å². The molecular weight excluding hydrogens is 280 g/mol. The van der Waals surface area contributed by atoms with E-state index < -0.39 is 0 Å². The maximum Gasteiger partial charge on any atom is 0.322 e. The van der Waals surface area contributed by atoms with Crippen LogP contribution in [-0.4, -0.2) is 38.4 Å². The zero-order valence-electron chi connectivity index (χ0n) is 13.7. The van der Waals surface area contributed by atoms with Crippen LogP contribution in [0.1, 0.15) is 32.3 Å². The number of carbonyl (C=O) groups is 1. The summed E-state index contributed by atoms with van der Waals surface area (Å²) in [5, 5.41) is 2.97. The number of nitrogens with zero attached hydrogens (tertiary/aromatic N) is 1. The predicted molar refractivity (Wildman–Crippen MR) is 87.7 cm³/mol. The summed E-state index contributed by atoms with van der Waals surface area (Å²) in [7, 11) is 0. The number of urea groups is 1. The van der Waals surface area contributed by atoms with Crippen LogP contribution in [0.5, 0.6) is 5.75 Å². The van der Waals surface area contributed by atoms with E-state index in [1.807, 2.05) is 32.0 Å². The number of fused-ring (bicyclic) bond motifs is 1. The molecule has 122 valence electrons. The van der Waals surface area contributed by atoms with Gasteiger partial charge < -0.3 is 14.8 Å². The molecule has 0 fully saturated rings. The third-order valence-corrected chi connectivity index (χ3v) is 3.73. The minimum Gasteiger partial charge on any atom is -0.486 e. The molecule has 0 aromatic heterocycles. The van der Waals surface area contributed by atoms with Crippen molar-refractivity contribution in [2.24, 2.45) is 0 Å². The van der Waals surface area contributed by atoms with Gasteiger partial charge in [-0.25, -0.2) is 4.79 Å². The van der Waals surface area contributed by atoms with Gasteiger partial charge in [-0.1, -0.05) is 13.0 Å². The van der Waals surface area contributed by atoms with Crippen molar-refractivity contribution in [1.82, 2.24) is 5.32 Å². The van der Waals surface area contributed by atoms with Crippen molar-refractivity contribution >= 4 is 11.7 Å². The lowest BCUT2D eigenvalue weighted by atomic mass is 10.1. The Labute approximate surface area is 132 Å². The van der Waals surface area contributed by atoms with Crippen LogP contribution >= 0.6 is 0 Å². The first-order valence-corrected chi connectivity index (χ1v) is 8.06. The summed E-state index contributed by atoms with van der Waals surface area (Å²) in [6, 6.07) is 5.89. The van der Waals surface area contributed by atoms with Crippen LogP contribution in [0.2, 0.25) is 0 Å². The highest BCUT2D eigenvalue weighted by Crippen LogP contribution is 2.34. The molecule has 1 aliphatic heterocycles. The third kappa shape index (κ3) is 4.13. The average Bonchev–Trinajstić information content (AvgIpc) is 2.53. The molecule has 1 aliphatic rings. The molecule has 0 bridgehead atoms. The molecule has 1 atom stereocenters. The molecule has 1 aromatic rings. The van der Waals surface area contributed by atoms with Crippen LogP contribution in [-0.2, 0) is 4.74 Å². The van der Waals surface area contributed by atoms with E-state index >= 15 is 0 Å². The summed E-state index contributed by atoms with van der Waals surface area (Å²) in [6.07, 6.45) is 1.74. The Hall–Kier alpha value is -1.75. The van der Waals surface area contributed by atoms with Crippen LogP contribution in [0.25, 0.3) is 0 Å². The van der Waals surface area contributed by atoms with Crippen molar-refractivity contribution in [3.05, 3.63) is 23.8 Å². The van der Waals surface area contributed by atoms with Crippen LogP contribution in [0.15, 0.2) is 18.2 Å². The molecule has 22 heavy (non-hydrogen) atoms. The van der Waals surface area contributed by atoms with Crippen molar-refractivity contribution in [2.45, 2.75) is 39.7 Å². The molecule has 0 saturated carbocycles. The number of benzene rings is 1. The fourth-order valence-electron chi connectivity index (χ4n) is 2.47. The average molecular weight is 306 g/mol. The lowest BCUT2D eigenvalue weighted by Gasteiger charge is -2.34. The summed E-state index contributed by atoms with van der Waals surface area (Å²) in [5.74, 6) is 0.785. The predicted octanol–water partition coefficient (Wildman–Crippen LogP) is 3.11. The largest absolute Gasteiger partial charge is 0.486 e. The Bertz CT molecular complexity index is 505. The van der Waals surface area contributed by atoms with Gasteiger partial charge in [-0.3, -0.25) is 4.90 Å². The number of nitrogens with one attached hydrogen (secondary N) is 1. The lowest BCUT2D eigenvalue weighted by Crippen LogP contribution is -2.48. The Kier molecular flexibility index (Phi) is 6.07. The van der Waals surface area contributed by atoms with Gasteiger partial charge in [0.1, 0.15) is 11.9 Å². The maximum atomic E-state index is 12.5. The highest BCUT2D eigenvalue weighted by molar-refractivity contribution is 5.94. The standard InChI is InChI=1S/C17H26N2O3/c1-4-14-12-19(17(20)18-9-6-10-21-5-2)15-11-13(3)7-8-16(15)22-14/h7-8,11,14H,4-6,9-10,12H2,1-3H3,(H,18,20). The number of aryl methyl sites for hydroxylation is 1. The molecule has 0 aliphatic carbocycles. The summed E-state index contributed by atoms with van der Waals surface area (Å²) in [6.45, 7) is 8.65. The molecule has 2 rings (SSSR count). The fraction of sp³-hybridized carbons (Fsp3) is 0.588. The molecule has 1 aromatic carbocycles. The highest BCUT2D eigenvalue weighted by atomic mass is 16.5. The van der Waals surface area contributed by atoms with Gasteiger partial charge in [0, 0.05) is 19.8 Å². The van der Waals surface area contributed by atoms with Gasteiger partial charge in [0.2, 0.25) is 0 Å². The van der Waals surface area contributed by atoms with Gasteiger partial charge in [-0.15, -0.1) is 0 Å². The summed E-state index contributed by atoms with van der Waals surface area (Å²) in [4.78, 5) is 14.3. The van der Waals surface area contributed by atoms with Gasteiger partial charge in [0.25, 0.3) is 0 Å². The minimum absolute atomic E-state index is 0.0457. The second kappa shape index (κ2) is 8.03. The van der Waals surface area contributed by atoms with E-state index in [9.17, 15) is 4.79 Å². The van der Waals surface area contributed by atoms with E-state index in [1.54, 1.807) is 4.90 Å². The molecule has 1 unspecified atom stereocenters. The zero-order valence-corrected chi connectivity index (χ0v) is 13.7. The number of carbonyl (C=O) groups excluding carboxylic acids is 1. The Morgan fingerprint density at radius 3 is 3.00 bits per heavy atom. The van der Waals surface area contributed by atoms with E-state index in [4.69, 9.17) is 9.47 Å². The molecule has 2 amide bonds. The fourth-order valence-corrected chi connectivity index (χ4v) is 2.47. The summed E-state index contributed by atoms with van der Waals surface area (Å²) < 4.78 is 11.2. The van der Waals surface area contributed by atoms with Crippen LogP contribution in [0.3, 0.4) is 0 Å². The van der Waals surface area contributed by atoms with E-state index in [2.05, 4.69) is 12.2 Å². The number of anilines is 1. The first kappa shape index (κ1) is 16.6. The monoisotopic (exact) mass is 306 g/mol. The third-order valence-electron chi connectivity index (χ3n) is 3.73. The number of amides is 2. The summed E-state index contributed by atoms with van der Waals surface area (Å²) in [5.41, 5.74) is 1.97. The molecule has 0 saturated heterocycles. The molecule has 5 heteroatoms. The van der Waals surface area contributed by atoms with Gasteiger partial charge in [0.05, 0.1) is 12.2 Å². The van der Waals surface area contributed by atoms with Gasteiger partial charge >= 0.3 is 6.03 Å². The Morgan fingerprint density at radius 1 is 1.45 bits per heavy atom. The topological polar surface area (TPSA) is 50.8 Å². The second-order valence-corrected chi connectivity index (χ2v) is 5.51. The first-order chi connectivity index (χ1) is 10.7. The normalized spacial score (nSPS) is 16.9. The van der Waals surface area contributed by atoms with Crippen molar-refractivity contribution in [1.29, 1.82) is 0 Å². The molecule has 5 nitrogen and oxygen atoms in total. The SMILES string of the molecule is CCOCCCNC(=O)N1CC(CC)Oc2ccc(C)cc21. The number of ether oxygens (including phenoxy) is 2. The van der Waals surface area contributed by atoms with Crippen molar-refractivity contribution in [2.75, 3.05) is 31.2 Å². The van der Waals surface area contributed by atoms with E-state index in [1.165, 1.54) is 0 Å². The quantitative estimate of drug-likeness (QED) is 0.822. The smallest absolute Gasteiger partial charge is 0.322 e. The molecule has 0 spiro atoms. The van der Waals surface area contributed by atoms with E-state index in [-0.39, 0.29) is 12.1 Å². The zero-order chi connectivity index (χ0) is 15.9. The van der Waals surface area contributed by atoms with Gasteiger partial charge in [0.15, 0.2) is 0 Å². The Morgan fingerprint density at radius 2 is 2.27 bits per heavy atom. The highest BCUT2D eigenvalue weighted by Gasteiger charge is 2.28. The van der Waals surface area contributed by atoms with Crippen molar-refractivity contribution in [3.8, 4) is 5.75 Å². The van der Waals surface area contributed by atoms with Crippen LogP contribution in [0, 0.1) is 6.92 Å². The van der Waals surface area contributed by atoms with E-state index in [0.717, 1.165) is 29.8 Å². The van der Waals surface area contributed by atoms with Crippen molar-refractivity contribution in [3.63, 3.8) is 0 Å². The van der Waals surface area contributed by atoms with Crippen LogP contribution in [0.4, 0.5) is 10.5 Å². The molecule has 1 heterocycles. The first-order valence-electron chi connectivity index (χ1n) is 8.06. The number of hydrogen-bond donors (Lipinski definition) is 1. The molecular formula is C17H26N2O3. The van der Waals surface area contributed by atoms with Crippen molar-refractivity contribution < 1.29 is 14.3 Å². The van der Waals surface area contributed by atoms with E-state index in [0.29, 0.717) is 26.3 Å². The maximum absolute atomic E-state index is 12.5. The molecule has 1 N–H and O–H groups in total. The second-order valence-electron chi connectivity index (χ2n) is 5.51. The number of rotatable bonds is 6. The van der Waals surface area contributed by atoms with Crippen LogP contribution < -0.4 is 15.0 Å². The van der Waals surface area contributed by atoms with Gasteiger partial charge in [-0.05, 0) is 44.4 Å². The molecule has 0 radical (unpaired) electrons. The number of hydrogen-bond acceptors (Lipinski definition) is 3. The lowest BCUT2D eigenvalue weighted by molar-refractivity contribution is 0.145. The Balaban J connectivity index is 2.02.